The standard InChI is InChI=1S/2C10H12N2.2C10H10N2/c4*1-3-8-4-2-6-12-7-11-9(5-1)10(8)12/h2*1,3,5,11H,2,4,6-7H2;2*1-3,5-6,11H,4,7H2. The maximum Gasteiger partial charge on any atom is 0.0920 e. The van der Waals surface area contributed by atoms with E-state index in [1.807, 2.05) is 0 Å². The van der Waals surface area contributed by atoms with Crippen LogP contribution in [0.5, 0.6) is 0 Å². The van der Waals surface area contributed by atoms with Gasteiger partial charge in [0, 0.05) is 25.5 Å². The van der Waals surface area contributed by atoms with Gasteiger partial charge in [0.1, 0.15) is 0 Å². The van der Waals surface area contributed by atoms with Gasteiger partial charge in [-0.15, -0.1) is 0 Å². The van der Waals surface area contributed by atoms with Crippen molar-refractivity contribution >= 4 is 45.5 Å². The lowest BCUT2D eigenvalue weighted by Gasteiger charge is -2.25. The number of benzene rings is 4. The van der Waals surface area contributed by atoms with Crippen molar-refractivity contribution in [1.82, 2.24) is 0 Å². The van der Waals surface area contributed by atoms with Crippen LogP contribution in [0.1, 0.15) is 35.1 Å². The van der Waals surface area contributed by atoms with Gasteiger partial charge in [0.15, 0.2) is 0 Å². The van der Waals surface area contributed by atoms with E-state index in [1.54, 1.807) is 0 Å². The van der Waals surface area contributed by atoms with Gasteiger partial charge in [-0.05, 0) is 85.0 Å². The first-order valence-electron chi connectivity index (χ1n) is 17.6. The smallest absolute Gasteiger partial charge is 0.0920 e. The zero-order valence-electron chi connectivity index (χ0n) is 27.5. The van der Waals surface area contributed by atoms with E-state index in [1.165, 1.54) is 107 Å². The van der Waals surface area contributed by atoms with Crippen LogP contribution in [-0.2, 0) is 25.7 Å². The lowest BCUT2D eigenvalue weighted by molar-refractivity contribution is 0.730. The number of nitrogens with one attached hydrogen (secondary N) is 4. The minimum Gasteiger partial charge on any atom is -0.366 e. The number of hydrogen-bond donors (Lipinski definition) is 4. The molecule has 0 spiro atoms. The molecule has 0 radical (unpaired) electrons. The predicted octanol–water partition coefficient (Wildman–Crippen LogP) is 7.54. The Bertz CT molecular complexity index is 1760. The van der Waals surface area contributed by atoms with Crippen molar-refractivity contribution in [1.29, 1.82) is 0 Å². The monoisotopic (exact) mass is 636 g/mol. The fourth-order valence-corrected chi connectivity index (χ4v) is 8.28. The van der Waals surface area contributed by atoms with E-state index >= 15 is 0 Å². The van der Waals surface area contributed by atoms with E-state index in [2.05, 4.69) is 138 Å². The molecule has 0 fully saturated rings. The van der Waals surface area contributed by atoms with Crippen molar-refractivity contribution in [2.45, 2.75) is 38.5 Å². The van der Waals surface area contributed by atoms with Gasteiger partial charge in [-0.25, -0.2) is 0 Å². The third-order valence-corrected chi connectivity index (χ3v) is 10.5. The fourth-order valence-electron chi connectivity index (χ4n) is 8.28. The van der Waals surface area contributed by atoms with E-state index in [4.69, 9.17) is 0 Å². The number of aryl methyl sites for hydroxylation is 2. The van der Waals surface area contributed by atoms with Crippen molar-refractivity contribution in [2.75, 3.05) is 80.6 Å². The minimum absolute atomic E-state index is 0.919. The second-order valence-electron chi connectivity index (χ2n) is 13.4. The van der Waals surface area contributed by atoms with E-state index < -0.39 is 0 Å². The second kappa shape index (κ2) is 12.4. The molecule has 48 heavy (non-hydrogen) atoms. The van der Waals surface area contributed by atoms with Gasteiger partial charge < -0.3 is 40.9 Å². The molecular weight excluding hydrogens is 592 g/mol. The summed E-state index contributed by atoms with van der Waals surface area (Å²) in [6.07, 6.45) is 16.0. The first-order chi connectivity index (χ1) is 23.8. The molecule has 0 unspecified atom stereocenters. The average Bonchev–Trinajstić information content (AvgIpc) is 3.96. The maximum atomic E-state index is 3.41. The summed E-state index contributed by atoms with van der Waals surface area (Å²) < 4.78 is 0. The van der Waals surface area contributed by atoms with Gasteiger partial charge in [0.25, 0.3) is 0 Å². The molecule has 12 rings (SSSR count). The highest BCUT2D eigenvalue weighted by atomic mass is 15.3. The molecule has 4 N–H and O–H groups in total. The Hall–Kier alpha value is -5.24. The highest BCUT2D eigenvalue weighted by molar-refractivity contribution is 5.82. The van der Waals surface area contributed by atoms with Gasteiger partial charge in [0.2, 0.25) is 0 Å². The molecule has 244 valence electrons. The van der Waals surface area contributed by atoms with Crippen LogP contribution in [0.25, 0.3) is 0 Å². The molecule has 4 aromatic carbocycles. The van der Waals surface area contributed by atoms with Crippen LogP contribution < -0.4 is 40.9 Å². The first kappa shape index (κ1) is 28.9. The normalized spacial score (nSPS) is 18.2. The van der Waals surface area contributed by atoms with Crippen LogP contribution in [0.15, 0.2) is 97.3 Å². The summed E-state index contributed by atoms with van der Waals surface area (Å²) >= 11 is 0. The molecule has 0 saturated heterocycles. The van der Waals surface area contributed by atoms with Crippen LogP contribution in [0, 0.1) is 0 Å². The number of rotatable bonds is 0. The molecule has 8 heteroatoms. The summed E-state index contributed by atoms with van der Waals surface area (Å²) in [5.41, 5.74) is 16.8. The van der Waals surface area contributed by atoms with E-state index in [9.17, 15) is 0 Å². The molecule has 0 bridgehead atoms. The van der Waals surface area contributed by atoms with Crippen molar-refractivity contribution in [3.8, 4) is 0 Å². The van der Waals surface area contributed by atoms with Crippen molar-refractivity contribution in [2.24, 2.45) is 0 Å². The Kier molecular flexibility index (Phi) is 7.48. The molecule has 8 nitrogen and oxygen atoms in total. The summed E-state index contributed by atoms with van der Waals surface area (Å²) in [7, 11) is 0. The maximum absolute atomic E-state index is 3.41. The molecule has 0 aromatic heterocycles. The average molecular weight is 637 g/mol. The van der Waals surface area contributed by atoms with Gasteiger partial charge >= 0.3 is 0 Å². The summed E-state index contributed by atoms with van der Waals surface area (Å²) in [4.78, 5) is 9.39. The van der Waals surface area contributed by atoms with E-state index in [-0.39, 0.29) is 0 Å². The van der Waals surface area contributed by atoms with Crippen LogP contribution in [-0.4, -0.2) is 39.8 Å². The highest BCUT2D eigenvalue weighted by Crippen LogP contribution is 2.40. The summed E-state index contributed by atoms with van der Waals surface area (Å²) in [5.74, 6) is 0. The molecule has 4 aromatic rings. The number of para-hydroxylation sites is 4. The molecule has 8 heterocycles. The van der Waals surface area contributed by atoms with E-state index in [0.29, 0.717) is 0 Å². The van der Waals surface area contributed by atoms with Crippen LogP contribution in [0.3, 0.4) is 0 Å². The molecule has 8 aliphatic heterocycles. The van der Waals surface area contributed by atoms with Crippen LogP contribution in [0.2, 0.25) is 0 Å². The third kappa shape index (κ3) is 5.25. The fraction of sp³-hybridized carbons (Fsp3) is 0.300. The third-order valence-electron chi connectivity index (χ3n) is 10.5. The Morgan fingerprint density at radius 1 is 0.417 bits per heavy atom. The lowest BCUT2D eigenvalue weighted by atomic mass is 10.0. The van der Waals surface area contributed by atoms with Crippen molar-refractivity contribution in [3.63, 3.8) is 0 Å². The quantitative estimate of drug-likeness (QED) is 0.158. The topological polar surface area (TPSA) is 61.1 Å². The van der Waals surface area contributed by atoms with Gasteiger partial charge in [-0.1, -0.05) is 60.7 Å². The zero-order valence-corrected chi connectivity index (χ0v) is 27.5. The van der Waals surface area contributed by atoms with Crippen molar-refractivity contribution in [3.05, 3.63) is 120 Å². The SMILES string of the molecule is C1=CN2CNc3cccc(c32)C1.C1=CN2CNc3cccc(c32)C1.c1cc2c3c(c1)NCN3CCC2.c1cc2c3c(c1)NCN3CCC2. The second-order valence-corrected chi connectivity index (χ2v) is 13.4. The number of allylic oxidation sites excluding steroid dienone is 2. The summed E-state index contributed by atoms with van der Waals surface area (Å²) in [6.45, 7) is 6.29. The minimum atomic E-state index is 0.919. The lowest BCUT2D eigenvalue weighted by Crippen LogP contribution is -2.27. The molecular formula is C40H44N8. The number of nitrogens with zero attached hydrogens (tertiary/aromatic N) is 4. The van der Waals surface area contributed by atoms with Gasteiger partial charge in [-0.2, -0.15) is 0 Å². The molecule has 0 amide bonds. The molecule has 0 saturated carbocycles. The van der Waals surface area contributed by atoms with Crippen LogP contribution in [0.4, 0.5) is 45.5 Å². The molecule has 0 atom stereocenters. The van der Waals surface area contributed by atoms with Crippen LogP contribution >= 0.6 is 0 Å². The highest BCUT2D eigenvalue weighted by Gasteiger charge is 2.26. The summed E-state index contributed by atoms with van der Waals surface area (Å²) in [6, 6.07) is 26.0. The largest absolute Gasteiger partial charge is 0.366 e. The zero-order chi connectivity index (χ0) is 31.9. The Labute approximate surface area is 283 Å². The van der Waals surface area contributed by atoms with E-state index in [0.717, 1.165) is 39.5 Å². The van der Waals surface area contributed by atoms with Crippen molar-refractivity contribution < 1.29 is 0 Å². The van der Waals surface area contributed by atoms with Gasteiger partial charge in [0.05, 0.1) is 72.2 Å². The molecule has 8 aliphatic rings. The predicted molar refractivity (Wildman–Crippen MR) is 202 cm³/mol. The summed E-state index contributed by atoms with van der Waals surface area (Å²) in [5, 5.41) is 13.5. The Balaban J connectivity index is 0.0000000871. The first-order valence-corrected chi connectivity index (χ1v) is 17.6. The van der Waals surface area contributed by atoms with Gasteiger partial charge in [-0.3, -0.25) is 0 Å². The Morgan fingerprint density at radius 2 is 0.812 bits per heavy atom. The number of anilines is 8. The number of hydrogen-bond acceptors (Lipinski definition) is 8. The molecule has 0 aliphatic carbocycles. The Morgan fingerprint density at radius 3 is 1.27 bits per heavy atom.